The molecule has 0 radical (unpaired) electrons. The summed E-state index contributed by atoms with van der Waals surface area (Å²) in [5.74, 6) is 0.279. The number of methoxy groups -OCH3 is 1. The van der Waals surface area contributed by atoms with Gasteiger partial charge in [0, 0.05) is 17.5 Å². The number of anilines is 1. The zero-order chi connectivity index (χ0) is 15.2. The van der Waals surface area contributed by atoms with E-state index in [-0.39, 0.29) is 17.1 Å². The highest BCUT2D eigenvalue weighted by atomic mass is 32.2. The molecule has 1 heterocycles. The fraction of sp³-hybridized carbons (Fsp3) is 0.500. The number of fused-ring (bicyclic) bond motifs is 1. The molecule has 0 fully saturated rings. The first kappa shape index (κ1) is 15.9. The zero-order valence-electron chi connectivity index (χ0n) is 12.5. The Morgan fingerprint density at radius 3 is 2.90 bits per heavy atom. The van der Waals surface area contributed by atoms with Crippen LogP contribution in [-0.4, -0.2) is 36.5 Å². The number of rotatable bonds is 5. The third-order valence-electron chi connectivity index (χ3n) is 3.58. The molecule has 114 valence electrons. The van der Waals surface area contributed by atoms with Gasteiger partial charge in [0.15, 0.2) is 0 Å². The highest BCUT2D eigenvalue weighted by Crippen LogP contribution is 2.27. The molecule has 4 nitrogen and oxygen atoms in total. The third kappa shape index (κ3) is 4.24. The molecule has 5 heteroatoms. The maximum absolute atomic E-state index is 12.4. The lowest BCUT2D eigenvalue weighted by atomic mass is 10.0. The number of carbonyl (C=O) groups is 2. The quantitative estimate of drug-likeness (QED) is 0.785. The minimum Gasteiger partial charge on any atom is -0.469 e. The number of thioether (sulfide) groups is 1. The maximum atomic E-state index is 12.4. The summed E-state index contributed by atoms with van der Waals surface area (Å²) in [7, 11) is 1.38. The van der Waals surface area contributed by atoms with Crippen LogP contribution in [0, 0.1) is 0 Å². The Morgan fingerprint density at radius 1 is 1.38 bits per heavy atom. The molecule has 1 aromatic carbocycles. The number of nitrogens with zero attached hydrogens (tertiary/aromatic N) is 1. The van der Waals surface area contributed by atoms with Gasteiger partial charge in [-0.15, -0.1) is 11.8 Å². The molecule has 0 N–H and O–H groups in total. The van der Waals surface area contributed by atoms with Crippen LogP contribution >= 0.6 is 11.8 Å². The Hall–Kier alpha value is -1.49. The molecule has 1 aliphatic rings. The van der Waals surface area contributed by atoms with E-state index in [0.717, 1.165) is 25.1 Å². The summed E-state index contributed by atoms with van der Waals surface area (Å²) >= 11 is 1.50. The lowest BCUT2D eigenvalue weighted by molar-refractivity contribution is -0.140. The molecule has 1 unspecified atom stereocenters. The fourth-order valence-electron chi connectivity index (χ4n) is 2.46. The number of para-hydroxylation sites is 1. The van der Waals surface area contributed by atoms with E-state index in [0.29, 0.717) is 12.2 Å². The maximum Gasteiger partial charge on any atom is 0.306 e. The molecule has 1 aliphatic heterocycles. The fourth-order valence-corrected chi connectivity index (χ4v) is 3.30. The van der Waals surface area contributed by atoms with E-state index in [9.17, 15) is 9.59 Å². The summed E-state index contributed by atoms with van der Waals surface area (Å²) < 4.78 is 4.64. The number of carbonyl (C=O) groups excluding carboxylic acids is 2. The monoisotopic (exact) mass is 307 g/mol. The van der Waals surface area contributed by atoms with Crippen LogP contribution in [-0.2, 0) is 20.7 Å². The minimum absolute atomic E-state index is 0.0847. The first-order chi connectivity index (χ1) is 10.1. The van der Waals surface area contributed by atoms with Crippen molar-refractivity contribution in [2.24, 2.45) is 0 Å². The van der Waals surface area contributed by atoms with Crippen molar-refractivity contribution in [3.8, 4) is 0 Å². The van der Waals surface area contributed by atoms with E-state index in [1.54, 1.807) is 0 Å². The minimum atomic E-state index is -0.231. The van der Waals surface area contributed by atoms with E-state index in [2.05, 4.69) is 10.8 Å². The van der Waals surface area contributed by atoms with Gasteiger partial charge in [0.1, 0.15) is 0 Å². The first-order valence-electron chi connectivity index (χ1n) is 7.18. The van der Waals surface area contributed by atoms with Crippen LogP contribution in [0.15, 0.2) is 24.3 Å². The lowest BCUT2D eigenvalue weighted by Crippen LogP contribution is -2.37. The molecule has 1 aromatic rings. The van der Waals surface area contributed by atoms with Gasteiger partial charge in [-0.2, -0.15) is 0 Å². The molecule has 21 heavy (non-hydrogen) atoms. The SMILES string of the molecule is COC(=O)CC(C)SCC(=O)N1CCCc2ccccc21. The number of hydrogen-bond acceptors (Lipinski definition) is 4. The molecule has 0 aromatic heterocycles. The van der Waals surface area contributed by atoms with E-state index in [1.807, 2.05) is 30.0 Å². The first-order valence-corrected chi connectivity index (χ1v) is 8.23. The van der Waals surface area contributed by atoms with Crippen molar-refractivity contribution in [3.05, 3.63) is 29.8 Å². The van der Waals surface area contributed by atoms with Crippen LogP contribution in [0.5, 0.6) is 0 Å². The van der Waals surface area contributed by atoms with Crippen LogP contribution in [0.1, 0.15) is 25.3 Å². The van der Waals surface area contributed by atoms with Crippen molar-refractivity contribution in [2.45, 2.75) is 31.4 Å². The van der Waals surface area contributed by atoms with Crippen LogP contribution in [0.2, 0.25) is 0 Å². The second-order valence-electron chi connectivity index (χ2n) is 5.18. The summed E-state index contributed by atoms with van der Waals surface area (Å²) in [6, 6.07) is 8.08. The number of aryl methyl sites for hydroxylation is 1. The number of benzene rings is 1. The normalized spacial score (nSPS) is 15.2. The molecule has 1 amide bonds. The van der Waals surface area contributed by atoms with Crippen LogP contribution in [0.3, 0.4) is 0 Å². The van der Waals surface area contributed by atoms with Crippen molar-refractivity contribution in [2.75, 3.05) is 24.3 Å². The Labute approximate surface area is 129 Å². The molecule has 0 saturated heterocycles. The van der Waals surface area contributed by atoms with Crippen LogP contribution in [0.4, 0.5) is 5.69 Å². The molecule has 1 atom stereocenters. The van der Waals surface area contributed by atoms with Crippen molar-refractivity contribution in [3.63, 3.8) is 0 Å². The average molecular weight is 307 g/mol. The third-order valence-corrected chi connectivity index (χ3v) is 4.73. The van der Waals surface area contributed by atoms with Crippen molar-refractivity contribution in [1.82, 2.24) is 0 Å². The van der Waals surface area contributed by atoms with Crippen molar-refractivity contribution < 1.29 is 14.3 Å². The molecule has 0 aliphatic carbocycles. The number of amides is 1. The number of ether oxygens (including phenoxy) is 1. The largest absolute Gasteiger partial charge is 0.469 e. The summed E-state index contributed by atoms with van der Waals surface area (Å²) in [5, 5.41) is 0.0847. The molecule has 0 saturated carbocycles. The summed E-state index contributed by atoms with van der Waals surface area (Å²) in [4.78, 5) is 25.5. The van der Waals surface area contributed by atoms with Crippen molar-refractivity contribution in [1.29, 1.82) is 0 Å². The van der Waals surface area contributed by atoms with Crippen molar-refractivity contribution >= 4 is 29.3 Å². The van der Waals surface area contributed by atoms with Gasteiger partial charge in [0.2, 0.25) is 5.91 Å². The molecular formula is C16H21NO3S. The van der Waals surface area contributed by atoms with Crippen LogP contribution < -0.4 is 4.90 Å². The highest BCUT2D eigenvalue weighted by Gasteiger charge is 2.22. The van der Waals surface area contributed by atoms with Gasteiger partial charge in [0.05, 0.1) is 19.3 Å². The smallest absolute Gasteiger partial charge is 0.306 e. The summed E-state index contributed by atoms with van der Waals surface area (Å²) in [6.07, 6.45) is 2.38. The van der Waals surface area contributed by atoms with E-state index in [4.69, 9.17) is 0 Å². The van der Waals surface area contributed by atoms with E-state index >= 15 is 0 Å². The Kier molecular flexibility index (Phi) is 5.67. The predicted octanol–water partition coefficient (Wildman–Crippen LogP) is 2.65. The van der Waals surface area contributed by atoms with E-state index in [1.165, 1.54) is 24.4 Å². The van der Waals surface area contributed by atoms with Gasteiger partial charge >= 0.3 is 5.97 Å². The molecular weight excluding hydrogens is 286 g/mol. The van der Waals surface area contributed by atoms with Gasteiger partial charge in [-0.3, -0.25) is 9.59 Å². The summed E-state index contributed by atoms with van der Waals surface area (Å²) in [6.45, 7) is 2.72. The van der Waals surface area contributed by atoms with Gasteiger partial charge in [-0.25, -0.2) is 0 Å². The highest BCUT2D eigenvalue weighted by molar-refractivity contribution is 8.00. The number of esters is 1. The summed E-state index contributed by atoms with van der Waals surface area (Å²) in [5.41, 5.74) is 2.28. The lowest BCUT2D eigenvalue weighted by Gasteiger charge is -2.29. The number of hydrogen-bond donors (Lipinski definition) is 0. The molecule has 0 bridgehead atoms. The van der Waals surface area contributed by atoms with Crippen LogP contribution in [0.25, 0.3) is 0 Å². The molecule has 0 spiro atoms. The van der Waals surface area contributed by atoms with E-state index < -0.39 is 0 Å². The Balaban J connectivity index is 1.91. The zero-order valence-corrected chi connectivity index (χ0v) is 13.3. The van der Waals surface area contributed by atoms with Gasteiger partial charge in [-0.1, -0.05) is 25.1 Å². The second kappa shape index (κ2) is 7.50. The molecule has 2 rings (SSSR count). The Morgan fingerprint density at radius 2 is 2.14 bits per heavy atom. The standard InChI is InChI=1S/C16H21NO3S/c1-12(10-16(19)20-2)21-11-15(18)17-9-5-7-13-6-3-4-8-14(13)17/h3-4,6,8,12H,5,7,9-11H2,1-2H3. The predicted molar refractivity (Wildman–Crippen MR) is 85.7 cm³/mol. The van der Waals surface area contributed by atoms with Gasteiger partial charge in [0.25, 0.3) is 0 Å². The topological polar surface area (TPSA) is 46.6 Å². The average Bonchev–Trinajstić information content (AvgIpc) is 2.51. The van der Waals surface area contributed by atoms with Gasteiger partial charge in [-0.05, 0) is 24.5 Å². The second-order valence-corrected chi connectivity index (χ2v) is 6.61. The van der Waals surface area contributed by atoms with Gasteiger partial charge < -0.3 is 9.64 Å². The Bertz CT molecular complexity index is 518.